The van der Waals surface area contributed by atoms with Crippen molar-refractivity contribution >= 4 is 16.9 Å². The van der Waals surface area contributed by atoms with Crippen molar-refractivity contribution in [1.82, 2.24) is 4.98 Å². The number of aliphatic hydroxyl groups excluding tert-OH is 1. The molecular weight excluding hydrogens is 194 g/mol. The highest BCUT2D eigenvalue weighted by Crippen LogP contribution is 2.21. The van der Waals surface area contributed by atoms with E-state index in [-0.39, 0.29) is 6.42 Å². The lowest BCUT2D eigenvalue weighted by Gasteiger charge is -2.07. The van der Waals surface area contributed by atoms with Crippen LogP contribution in [0.25, 0.3) is 10.9 Å². The molecule has 3 N–H and O–H groups in total. The van der Waals surface area contributed by atoms with E-state index < -0.39 is 12.1 Å². The lowest BCUT2D eigenvalue weighted by Crippen LogP contribution is -2.05. The van der Waals surface area contributed by atoms with Gasteiger partial charge in [0.25, 0.3) is 0 Å². The van der Waals surface area contributed by atoms with Crippen LogP contribution in [0.4, 0.5) is 0 Å². The summed E-state index contributed by atoms with van der Waals surface area (Å²) < 4.78 is 0. The smallest absolute Gasteiger partial charge is 0.306 e. The molecule has 1 unspecified atom stereocenters. The first-order chi connectivity index (χ1) is 7.16. The lowest BCUT2D eigenvalue weighted by atomic mass is 10.1. The fourth-order valence-corrected chi connectivity index (χ4v) is 1.56. The van der Waals surface area contributed by atoms with Gasteiger partial charge in [-0.1, -0.05) is 12.1 Å². The summed E-state index contributed by atoms with van der Waals surface area (Å²) in [6, 6.07) is 7.28. The molecule has 0 radical (unpaired) electrons. The van der Waals surface area contributed by atoms with Gasteiger partial charge in [0.1, 0.15) is 0 Å². The summed E-state index contributed by atoms with van der Waals surface area (Å²) in [6.45, 7) is 0. The maximum Gasteiger partial charge on any atom is 0.306 e. The van der Waals surface area contributed by atoms with E-state index >= 15 is 0 Å². The van der Waals surface area contributed by atoms with Crippen LogP contribution in [-0.2, 0) is 4.79 Å². The number of carboxylic acid groups (broad SMARTS) is 1. The molecule has 0 saturated heterocycles. The number of nitrogens with one attached hydrogen (secondary N) is 1. The molecule has 4 nitrogen and oxygen atoms in total. The Morgan fingerprint density at radius 2 is 2.20 bits per heavy atom. The normalized spacial score (nSPS) is 12.9. The van der Waals surface area contributed by atoms with Crippen molar-refractivity contribution in [3.63, 3.8) is 0 Å². The maximum atomic E-state index is 10.4. The zero-order valence-electron chi connectivity index (χ0n) is 7.97. The molecule has 0 saturated carbocycles. The summed E-state index contributed by atoms with van der Waals surface area (Å²) in [5.41, 5.74) is 1.52. The second-order valence-corrected chi connectivity index (χ2v) is 3.44. The van der Waals surface area contributed by atoms with E-state index in [0.29, 0.717) is 5.56 Å². The van der Waals surface area contributed by atoms with Gasteiger partial charge in [0.05, 0.1) is 12.5 Å². The number of fused-ring (bicyclic) bond motifs is 1. The molecular formula is C11H11NO3. The average molecular weight is 205 g/mol. The van der Waals surface area contributed by atoms with Gasteiger partial charge in [-0.2, -0.15) is 0 Å². The summed E-state index contributed by atoms with van der Waals surface area (Å²) in [4.78, 5) is 13.4. The van der Waals surface area contributed by atoms with Crippen molar-refractivity contribution in [1.29, 1.82) is 0 Å². The van der Waals surface area contributed by atoms with Gasteiger partial charge in [0, 0.05) is 11.7 Å². The highest BCUT2D eigenvalue weighted by molar-refractivity contribution is 5.80. The predicted octanol–water partition coefficient (Wildman–Crippen LogP) is 1.68. The third-order valence-corrected chi connectivity index (χ3v) is 2.33. The van der Waals surface area contributed by atoms with E-state index in [2.05, 4.69) is 4.98 Å². The SMILES string of the molecule is O=C(O)CC(O)c1ccc2cc[nH]c2c1. The molecule has 0 fully saturated rings. The van der Waals surface area contributed by atoms with Crippen LogP contribution in [0, 0.1) is 0 Å². The molecule has 4 heteroatoms. The Balaban J connectivity index is 2.30. The van der Waals surface area contributed by atoms with Gasteiger partial charge in [-0.25, -0.2) is 0 Å². The van der Waals surface area contributed by atoms with E-state index in [1.54, 1.807) is 18.3 Å². The molecule has 0 aliphatic rings. The molecule has 0 amide bonds. The predicted molar refractivity (Wildman–Crippen MR) is 55.5 cm³/mol. The van der Waals surface area contributed by atoms with Crippen LogP contribution in [0.3, 0.4) is 0 Å². The molecule has 2 rings (SSSR count). The van der Waals surface area contributed by atoms with Gasteiger partial charge in [-0.05, 0) is 23.1 Å². The number of aliphatic carboxylic acids is 1. The number of carboxylic acids is 1. The van der Waals surface area contributed by atoms with Gasteiger partial charge in [-0.15, -0.1) is 0 Å². The Morgan fingerprint density at radius 1 is 1.40 bits per heavy atom. The molecule has 0 spiro atoms. The first-order valence-electron chi connectivity index (χ1n) is 4.64. The summed E-state index contributed by atoms with van der Waals surface area (Å²) in [7, 11) is 0. The molecule has 2 aromatic rings. The second kappa shape index (κ2) is 3.74. The van der Waals surface area contributed by atoms with Crippen LogP contribution < -0.4 is 0 Å². The fourth-order valence-electron chi connectivity index (χ4n) is 1.56. The number of carbonyl (C=O) groups is 1. The minimum atomic E-state index is -1.01. The molecule has 78 valence electrons. The molecule has 0 aliphatic heterocycles. The number of rotatable bonds is 3. The van der Waals surface area contributed by atoms with Crippen LogP contribution in [0.1, 0.15) is 18.1 Å². The van der Waals surface area contributed by atoms with Gasteiger partial charge in [0.15, 0.2) is 0 Å². The van der Waals surface area contributed by atoms with Crippen LogP contribution in [0.15, 0.2) is 30.5 Å². The van der Waals surface area contributed by atoms with Crippen LogP contribution >= 0.6 is 0 Å². The molecule has 0 aliphatic carbocycles. The van der Waals surface area contributed by atoms with Crippen LogP contribution in [-0.4, -0.2) is 21.2 Å². The Morgan fingerprint density at radius 3 is 2.93 bits per heavy atom. The maximum absolute atomic E-state index is 10.4. The highest BCUT2D eigenvalue weighted by atomic mass is 16.4. The van der Waals surface area contributed by atoms with Gasteiger partial charge in [-0.3, -0.25) is 4.79 Å². The molecule has 0 bridgehead atoms. The topological polar surface area (TPSA) is 73.3 Å². The minimum absolute atomic E-state index is 0.272. The van der Waals surface area contributed by atoms with Crippen molar-refractivity contribution in [2.24, 2.45) is 0 Å². The number of benzene rings is 1. The first kappa shape index (κ1) is 9.73. The molecule has 1 atom stereocenters. The highest BCUT2D eigenvalue weighted by Gasteiger charge is 2.12. The Labute approximate surface area is 86.2 Å². The van der Waals surface area contributed by atoms with Crippen molar-refractivity contribution in [3.05, 3.63) is 36.0 Å². The molecule has 1 aromatic heterocycles. The summed E-state index contributed by atoms with van der Waals surface area (Å²) in [5, 5.41) is 19.2. The largest absolute Gasteiger partial charge is 0.481 e. The second-order valence-electron chi connectivity index (χ2n) is 3.44. The van der Waals surface area contributed by atoms with E-state index in [1.807, 2.05) is 12.1 Å². The van der Waals surface area contributed by atoms with Gasteiger partial charge < -0.3 is 15.2 Å². The molecule has 1 aromatic carbocycles. The minimum Gasteiger partial charge on any atom is -0.481 e. The Kier molecular flexibility index (Phi) is 2.43. The third kappa shape index (κ3) is 1.99. The summed E-state index contributed by atoms with van der Waals surface area (Å²) >= 11 is 0. The van der Waals surface area contributed by atoms with Crippen LogP contribution in [0.5, 0.6) is 0 Å². The zero-order valence-corrected chi connectivity index (χ0v) is 7.97. The monoisotopic (exact) mass is 205 g/mol. The van der Waals surface area contributed by atoms with E-state index in [0.717, 1.165) is 10.9 Å². The quantitative estimate of drug-likeness (QED) is 0.713. The Bertz CT molecular complexity index is 489. The Hall–Kier alpha value is -1.81. The van der Waals surface area contributed by atoms with Crippen molar-refractivity contribution in [3.8, 4) is 0 Å². The van der Waals surface area contributed by atoms with E-state index in [1.165, 1.54) is 0 Å². The number of H-pyrrole nitrogens is 1. The van der Waals surface area contributed by atoms with Gasteiger partial charge in [0.2, 0.25) is 0 Å². The van der Waals surface area contributed by atoms with Crippen molar-refractivity contribution in [2.75, 3.05) is 0 Å². The van der Waals surface area contributed by atoms with Gasteiger partial charge >= 0.3 is 5.97 Å². The van der Waals surface area contributed by atoms with E-state index in [9.17, 15) is 9.90 Å². The fraction of sp³-hybridized carbons (Fsp3) is 0.182. The zero-order chi connectivity index (χ0) is 10.8. The van der Waals surface area contributed by atoms with Crippen LogP contribution in [0.2, 0.25) is 0 Å². The number of hydrogen-bond acceptors (Lipinski definition) is 2. The number of aliphatic hydroxyl groups is 1. The average Bonchev–Trinajstić information content (AvgIpc) is 2.62. The summed E-state index contributed by atoms with van der Waals surface area (Å²) in [6.07, 6.45) is 0.583. The van der Waals surface area contributed by atoms with E-state index in [4.69, 9.17) is 5.11 Å². The molecule has 15 heavy (non-hydrogen) atoms. The lowest BCUT2D eigenvalue weighted by molar-refractivity contribution is -0.139. The number of aromatic amines is 1. The first-order valence-corrected chi connectivity index (χ1v) is 4.64. The summed E-state index contributed by atoms with van der Waals surface area (Å²) in [5.74, 6) is -1.01. The number of aromatic nitrogens is 1. The molecule has 1 heterocycles. The number of hydrogen-bond donors (Lipinski definition) is 3. The standard InChI is InChI=1S/C11H11NO3/c13-10(6-11(14)15)8-2-1-7-3-4-12-9(7)5-8/h1-5,10,12-13H,6H2,(H,14,15). The van der Waals surface area contributed by atoms with Crippen molar-refractivity contribution < 1.29 is 15.0 Å². The van der Waals surface area contributed by atoms with Crippen molar-refractivity contribution in [2.45, 2.75) is 12.5 Å². The third-order valence-electron chi connectivity index (χ3n) is 2.33.